The van der Waals surface area contributed by atoms with Gasteiger partial charge in [-0.1, -0.05) is 66.9 Å². The number of anilines is 1. The third kappa shape index (κ3) is 3.94. The minimum absolute atomic E-state index is 0.210. The van der Waals surface area contributed by atoms with E-state index >= 15 is 0 Å². The van der Waals surface area contributed by atoms with Crippen molar-refractivity contribution in [2.75, 3.05) is 5.32 Å². The van der Waals surface area contributed by atoms with Gasteiger partial charge in [-0.2, -0.15) is 5.10 Å². The molecule has 156 valence electrons. The first-order valence-corrected chi connectivity index (χ1v) is 10.9. The molecule has 1 aliphatic carbocycles. The van der Waals surface area contributed by atoms with Crippen LogP contribution in [0.4, 0.5) is 10.6 Å². The van der Waals surface area contributed by atoms with E-state index in [1.807, 2.05) is 73.1 Å². The number of aryl methyl sites for hydroxylation is 2. The number of nitrogens with zero attached hydrogens (tertiary/aromatic N) is 2. The molecular formula is C24H27ClN4O. The summed E-state index contributed by atoms with van der Waals surface area (Å²) in [7, 11) is 0. The molecule has 1 saturated carbocycles. The standard InChI is InChI=1S/C24H27ClN4O/c1-3-29-22(21(17(2)28-29)18-9-5-4-6-10-18)26-23(30)27-24(15-7-8-16-24)19-11-13-20(25)14-12-19/h4-6,9-14H,3,7-8,15-16H2,1-2H3,(H2,26,27,30). The van der Waals surface area contributed by atoms with Crippen LogP contribution in [0, 0.1) is 6.92 Å². The third-order valence-electron chi connectivity index (χ3n) is 5.93. The summed E-state index contributed by atoms with van der Waals surface area (Å²) >= 11 is 6.08. The summed E-state index contributed by atoms with van der Waals surface area (Å²) in [4.78, 5) is 13.2. The molecule has 0 spiro atoms. The summed E-state index contributed by atoms with van der Waals surface area (Å²) in [6.45, 7) is 4.67. The van der Waals surface area contributed by atoms with Crippen LogP contribution < -0.4 is 10.6 Å². The summed E-state index contributed by atoms with van der Waals surface area (Å²) in [5.74, 6) is 0.725. The number of urea groups is 1. The first kappa shape index (κ1) is 20.5. The molecule has 0 atom stereocenters. The highest BCUT2D eigenvalue weighted by Crippen LogP contribution is 2.39. The Hall–Kier alpha value is -2.79. The van der Waals surface area contributed by atoms with Crippen LogP contribution in [0.1, 0.15) is 43.9 Å². The number of carbonyl (C=O) groups excluding carboxylic acids is 1. The van der Waals surface area contributed by atoms with Gasteiger partial charge < -0.3 is 5.32 Å². The zero-order valence-corrected chi connectivity index (χ0v) is 18.2. The van der Waals surface area contributed by atoms with Gasteiger partial charge in [0.05, 0.1) is 11.2 Å². The van der Waals surface area contributed by atoms with E-state index in [1.54, 1.807) is 0 Å². The summed E-state index contributed by atoms with van der Waals surface area (Å²) in [5, 5.41) is 11.7. The Morgan fingerprint density at radius 1 is 1.10 bits per heavy atom. The Morgan fingerprint density at radius 3 is 2.40 bits per heavy atom. The maximum atomic E-state index is 13.2. The minimum Gasteiger partial charge on any atom is -0.328 e. The number of hydrogen-bond donors (Lipinski definition) is 2. The molecule has 5 nitrogen and oxygen atoms in total. The molecule has 4 rings (SSSR count). The van der Waals surface area contributed by atoms with Crippen LogP contribution in [0.2, 0.25) is 5.02 Å². The second-order valence-corrected chi connectivity index (χ2v) is 8.30. The molecule has 2 N–H and O–H groups in total. The van der Waals surface area contributed by atoms with Gasteiger partial charge in [-0.05, 0) is 49.9 Å². The smallest absolute Gasteiger partial charge is 0.321 e. The van der Waals surface area contributed by atoms with E-state index in [-0.39, 0.29) is 11.6 Å². The lowest BCUT2D eigenvalue weighted by atomic mass is 9.88. The fourth-order valence-electron chi connectivity index (χ4n) is 4.48. The normalized spacial score (nSPS) is 15.2. The Labute approximate surface area is 182 Å². The van der Waals surface area contributed by atoms with Gasteiger partial charge >= 0.3 is 6.03 Å². The lowest BCUT2D eigenvalue weighted by Crippen LogP contribution is -2.46. The van der Waals surface area contributed by atoms with Crippen LogP contribution in [-0.4, -0.2) is 15.8 Å². The van der Waals surface area contributed by atoms with Crippen LogP contribution in [0.3, 0.4) is 0 Å². The van der Waals surface area contributed by atoms with E-state index in [4.69, 9.17) is 11.6 Å². The van der Waals surface area contributed by atoms with Crippen LogP contribution in [0.5, 0.6) is 0 Å². The molecule has 0 unspecified atom stereocenters. The van der Waals surface area contributed by atoms with Crippen molar-refractivity contribution in [1.29, 1.82) is 0 Å². The molecule has 1 aromatic heterocycles. The number of carbonyl (C=O) groups is 1. The molecule has 0 bridgehead atoms. The number of rotatable bonds is 5. The number of amides is 2. The van der Waals surface area contributed by atoms with Crippen molar-refractivity contribution >= 4 is 23.4 Å². The van der Waals surface area contributed by atoms with Gasteiger partial charge in [0.2, 0.25) is 0 Å². The molecule has 30 heavy (non-hydrogen) atoms. The second kappa shape index (κ2) is 8.52. The first-order valence-electron chi connectivity index (χ1n) is 10.5. The molecule has 6 heteroatoms. The van der Waals surface area contributed by atoms with Gasteiger partial charge in [0.25, 0.3) is 0 Å². The van der Waals surface area contributed by atoms with Gasteiger partial charge in [0.1, 0.15) is 5.82 Å². The molecule has 3 aromatic rings. The van der Waals surface area contributed by atoms with E-state index in [9.17, 15) is 4.79 Å². The summed E-state index contributed by atoms with van der Waals surface area (Å²) in [6, 6.07) is 17.7. The monoisotopic (exact) mass is 422 g/mol. The Balaban J connectivity index is 1.63. The van der Waals surface area contributed by atoms with E-state index in [1.165, 1.54) is 0 Å². The second-order valence-electron chi connectivity index (χ2n) is 7.87. The average molecular weight is 423 g/mol. The maximum Gasteiger partial charge on any atom is 0.321 e. The number of nitrogens with one attached hydrogen (secondary N) is 2. The molecule has 1 heterocycles. The fraction of sp³-hybridized carbons (Fsp3) is 0.333. The number of hydrogen-bond acceptors (Lipinski definition) is 2. The quantitative estimate of drug-likeness (QED) is 0.520. The minimum atomic E-state index is -0.367. The zero-order chi connectivity index (χ0) is 21.1. The zero-order valence-electron chi connectivity index (χ0n) is 17.4. The summed E-state index contributed by atoms with van der Waals surface area (Å²) in [6.07, 6.45) is 4.01. The van der Waals surface area contributed by atoms with Gasteiger partial charge in [-0.25, -0.2) is 9.48 Å². The average Bonchev–Trinajstić information content (AvgIpc) is 3.34. The van der Waals surface area contributed by atoms with Gasteiger partial charge in [-0.3, -0.25) is 5.32 Å². The van der Waals surface area contributed by atoms with Crippen LogP contribution in [-0.2, 0) is 12.1 Å². The summed E-state index contributed by atoms with van der Waals surface area (Å²) in [5.41, 5.74) is 3.63. The number of halogens is 1. The Kier molecular flexibility index (Phi) is 5.82. The van der Waals surface area contributed by atoms with Gasteiger partial charge in [0, 0.05) is 17.1 Å². The fourth-order valence-corrected chi connectivity index (χ4v) is 4.60. The molecule has 2 amide bonds. The van der Waals surface area contributed by atoms with Gasteiger partial charge in [0.15, 0.2) is 0 Å². The number of aromatic nitrogens is 2. The molecule has 0 aliphatic heterocycles. The van der Waals surface area contributed by atoms with Gasteiger partial charge in [-0.15, -0.1) is 0 Å². The summed E-state index contributed by atoms with van der Waals surface area (Å²) < 4.78 is 1.85. The molecule has 0 radical (unpaired) electrons. The first-order chi connectivity index (χ1) is 14.5. The van der Waals surface area contributed by atoms with Crippen molar-refractivity contribution < 1.29 is 4.79 Å². The SMILES string of the molecule is CCn1nc(C)c(-c2ccccc2)c1NC(=O)NC1(c2ccc(Cl)cc2)CCCC1. The largest absolute Gasteiger partial charge is 0.328 e. The lowest BCUT2D eigenvalue weighted by Gasteiger charge is -2.31. The van der Waals surface area contributed by atoms with Crippen molar-refractivity contribution in [3.8, 4) is 11.1 Å². The topological polar surface area (TPSA) is 59.0 Å². The number of benzene rings is 2. The predicted octanol–water partition coefficient (Wildman–Crippen LogP) is 6.12. The van der Waals surface area contributed by atoms with E-state index in [0.717, 1.165) is 53.9 Å². The van der Waals surface area contributed by atoms with E-state index in [2.05, 4.69) is 15.7 Å². The van der Waals surface area contributed by atoms with Crippen molar-refractivity contribution in [3.05, 3.63) is 70.9 Å². The highest BCUT2D eigenvalue weighted by molar-refractivity contribution is 6.30. The van der Waals surface area contributed by atoms with Crippen LogP contribution in [0.15, 0.2) is 54.6 Å². The van der Waals surface area contributed by atoms with Crippen molar-refractivity contribution in [2.45, 2.75) is 51.6 Å². The van der Waals surface area contributed by atoms with Crippen LogP contribution >= 0.6 is 11.6 Å². The Bertz CT molecular complexity index is 1020. The highest BCUT2D eigenvalue weighted by Gasteiger charge is 2.37. The maximum absolute atomic E-state index is 13.2. The van der Waals surface area contributed by atoms with Crippen molar-refractivity contribution in [3.63, 3.8) is 0 Å². The lowest BCUT2D eigenvalue weighted by molar-refractivity contribution is 0.236. The van der Waals surface area contributed by atoms with Crippen molar-refractivity contribution in [1.82, 2.24) is 15.1 Å². The van der Waals surface area contributed by atoms with E-state index < -0.39 is 0 Å². The molecule has 1 aliphatic rings. The third-order valence-corrected chi connectivity index (χ3v) is 6.18. The predicted molar refractivity (Wildman–Crippen MR) is 122 cm³/mol. The molecule has 0 saturated heterocycles. The van der Waals surface area contributed by atoms with Crippen LogP contribution in [0.25, 0.3) is 11.1 Å². The Morgan fingerprint density at radius 2 is 1.77 bits per heavy atom. The van der Waals surface area contributed by atoms with E-state index in [0.29, 0.717) is 11.6 Å². The highest BCUT2D eigenvalue weighted by atomic mass is 35.5. The molecule has 2 aromatic carbocycles. The molecular weight excluding hydrogens is 396 g/mol. The van der Waals surface area contributed by atoms with Crippen molar-refractivity contribution in [2.24, 2.45) is 0 Å². The molecule has 1 fully saturated rings.